The van der Waals surface area contributed by atoms with Gasteiger partial charge in [-0.25, -0.2) is 9.18 Å². The van der Waals surface area contributed by atoms with E-state index in [1.54, 1.807) is 29.0 Å². The molecule has 0 bridgehead atoms. The summed E-state index contributed by atoms with van der Waals surface area (Å²) in [6, 6.07) is 4.48. The van der Waals surface area contributed by atoms with E-state index in [9.17, 15) is 9.18 Å². The standard InChI is InChI=1S/C11H14FN3O/c1-14-4-5-15(11(14)16)7-8-2-3-9(13)6-10(8)12/h2-3,6H,4-5,7,13H2,1H3. The first-order chi connectivity index (χ1) is 7.58. The minimum absolute atomic E-state index is 0.0591. The third-order valence-electron chi connectivity index (χ3n) is 2.74. The molecule has 16 heavy (non-hydrogen) atoms. The molecule has 0 atom stereocenters. The summed E-state index contributed by atoms with van der Waals surface area (Å²) in [5.74, 6) is -0.359. The van der Waals surface area contributed by atoms with Crippen molar-refractivity contribution in [2.24, 2.45) is 0 Å². The molecule has 4 nitrogen and oxygen atoms in total. The number of hydrogen-bond acceptors (Lipinski definition) is 2. The van der Waals surface area contributed by atoms with Crippen LogP contribution >= 0.6 is 0 Å². The molecule has 0 aliphatic carbocycles. The Bertz CT molecular complexity index is 422. The Balaban J connectivity index is 2.12. The predicted octanol–water partition coefficient (Wildman–Crippen LogP) is 1.28. The van der Waals surface area contributed by atoms with Gasteiger partial charge < -0.3 is 15.5 Å². The lowest BCUT2D eigenvalue weighted by Crippen LogP contribution is -2.29. The van der Waals surface area contributed by atoms with Gasteiger partial charge in [-0.15, -0.1) is 0 Å². The monoisotopic (exact) mass is 223 g/mol. The van der Waals surface area contributed by atoms with Gasteiger partial charge in [0.25, 0.3) is 0 Å². The Kier molecular flexibility index (Phi) is 2.68. The lowest BCUT2D eigenvalue weighted by atomic mass is 10.2. The van der Waals surface area contributed by atoms with Gasteiger partial charge in [-0.2, -0.15) is 0 Å². The molecule has 2 amide bonds. The number of carbonyl (C=O) groups excluding carboxylic acids is 1. The topological polar surface area (TPSA) is 49.6 Å². The maximum absolute atomic E-state index is 13.5. The molecule has 86 valence electrons. The van der Waals surface area contributed by atoms with E-state index in [2.05, 4.69) is 0 Å². The Hall–Kier alpha value is -1.78. The van der Waals surface area contributed by atoms with Crippen LogP contribution in [0.2, 0.25) is 0 Å². The molecule has 0 radical (unpaired) electrons. The molecule has 1 heterocycles. The number of rotatable bonds is 2. The second kappa shape index (κ2) is 4.00. The van der Waals surface area contributed by atoms with Gasteiger partial charge in [-0.1, -0.05) is 6.07 Å². The van der Waals surface area contributed by atoms with Gasteiger partial charge in [0.1, 0.15) is 5.82 Å². The highest BCUT2D eigenvalue weighted by atomic mass is 19.1. The maximum atomic E-state index is 13.5. The molecular weight excluding hydrogens is 209 g/mol. The van der Waals surface area contributed by atoms with Gasteiger partial charge in [-0.3, -0.25) is 0 Å². The van der Waals surface area contributed by atoms with E-state index in [1.165, 1.54) is 6.07 Å². The van der Waals surface area contributed by atoms with Crippen LogP contribution in [-0.2, 0) is 6.54 Å². The molecule has 5 heteroatoms. The summed E-state index contributed by atoms with van der Waals surface area (Å²) in [6.45, 7) is 1.63. The molecule has 0 aromatic heterocycles. The van der Waals surface area contributed by atoms with Crippen LogP contribution in [0, 0.1) is 5.82 Å². The number of benzene rings is 1. The van der Waals surface area contributed by atoms with Crippen molar-refractivity contribution in [1.29, 1.82) is 0 Å². The van der Waals surface area contributed by atoms with Crippen molar-refractivity contribution in [1.82, 2.24) is 9.80 Å². The molecule has 0 saturated carbocycles. The SMILES string of the molecule is CN1CCN(Cc2ccc(N)cc2F)C1=O. The molecule has 2 rings (SSSR count). The number of anilines is 1. The highest BCUT2D eigenvalue weighted by molar-refractivity contribution is 5.76. The quantitative estimate of drug-likeness (QED) is 0.768. The van der Waals surface area contributed by atoms with E-state index in [-0.39, 0.29) is 11.8 Å². The summed E-state index contributed by atoms with van der Waals surface area (Å²) in [7, 11) is 1.74. The summed E-state index contributed by atoms with van der Waals surface area (Å²) < 4.78 is 13.5. The number of likely N-dealkylation sites (N-methyl/N-ethyl adjacent to an activating group) is 1. The third kappa shape index (κ3) is 1.93. The fourth-order valence-corrected chi connectivity index (χ4v) is 1.75. The molecule has 2 N–H and O–H groups in total. The van der Waals surface area contributed by atoms with Crippen LogP contribution < -0.4 is 5.73 Å². The number of nitrogens with two attached hydrogens (primary N) is 1. The number of halogens is 1. The Morgan fingerprint density at radius 2 is 2.19 bits per heavy atom. The fraction of sp³-hybridized carbons (Fsp3) is 0.364. The van der Waals surface area contributed by atoms with Crippen LogP contribution in [0.5, 0.6) is 0 Å². The normalized spacial score (nSPS) is 16.0. The molecule has 1 aromatic rings. The van der Waals surface area contributed by atoms with Crippen LogP contribution in [-0.4, -0.2) is 36.0 Å². The second-order valence-electron chi connectivity index (χ2n) is 3.98. The molecule has 1 aromatic carbocycles. The highest BCUT2D eigenvalue weighted by Gasteiger charge is 2.25. The van der Waals surface area contributed by atoms with Crippen molar-refractivity contribution in [3.63, 3.8) is 0 Å². The molecule has 0 unspecified atom stereocenters. The van der Waals surface area contributed by atoms with E-state index < -0.39 is 0 Å². The summed E-state index contributed by atoms with van der Waals surface area (Å²) in [5.41, 5.74) is 6.35. The zero-order chi connectivity index (χ0) is 11.7. The molecule has 1 aliphatic rings. The number of carbonyl (C=O) groups is 1. The van der Waals surface area contributed by atoms with Crippen molar-refractivity contribution in [3.05, 3.63) is 29.6 Å². The average molecular weight is 223 g/mol. The van der Waals surface area contributed by atoms with Crippen LogP contribution in [0.4, 0.5) is 14.9 Å². The summed E-state index contributed by atoms with van der Waals surface area (Å²) >= 11 is 0. The fourth-order valence-electron chi connectivity index (χ4n) is 1.75. The van der Waals surface area contributed by atoms with Crippen LogP contribution in [0.1, 0.15) is 5.56 Å². The zero-order valence-corrected chi connectivity index (χ0v) is 9.11. The summed E-state index contributed by atoms with van der Waals surface area (Å²) in [4.78, 5) is 14.8. The third-order valence-corrected chi connectivity index (χ3v) is 2.74. The Labute approximate surface area is 93.4 Å². The first-order valence-electron chi connectivity index (χ1n) is 5.12. The van der Waals surface area contributed by atoms with Crippen molar-refractivity contribution < 1.29 is 9.18 Å². The van der Waals surface area contributed by atoms with Gasteiger partial charge in [0.15, 0.2) is 0 Å². The van der Waals surface area contributed by atoms with Crippen molar-refractivity contribution in [2.75, 3.05) is 25.9 Å². The van der Waals surface area contributed by atoms with E-state index in [1.807, 2.05) is 0 Å². The summed E-state index contributed by atoms with van der Waals surface area (Å²) in [5, 5.41) is 0. The predicted molar refractivity (Wildman–Crippen MR) is 59.2 cm³/mol. The lowest BCUT2D eigenvalue weighted by Gasteiger charge is -2.16. The van der Waals surface area contributed by atoms with E-state index in [0.29, 0.717) is 30.9 Å². The molecular formula is C11H14FN3O. The van der Waals surface area contributed by atoms with Crippen LogP contribution in [0.3, 0.4) is 0 Å². The molecule has 1 fully saturated rings. The minimum Gasteiger partial charge on any atom is -0.399 e. The number of hydrogen-bond donors (Lipinski definition) is 1. The van der Waals surface area contributed by atoms with Crippen LogP contribution in [0.25, 0.3) is 0 Å². The van der Waals surface area contributed by atoms with Gasteiger partial charge >= 0.3 is 6.03 Å². The second-order valence-corrected chi connectivity index (χ2v) is 3.98. The van der Waals surface area contributed by atoms with E-state index in [4.69, 9.17) is 5.73 Å². The molecule has 1 saturated heterocycles. The number of urea groups is 1. The Morgan fingerprint density at radius 3 is 2.75 bits per heavy atom. The number of nitrogen functional groups attached to an aromatic ring is 1. The highest BCUT2D eigenvalue weighted by Crippen LogP contribution is 2.16. The van der Waals surface area contributed by atoms with Gasteiger partial charge in [0.2, 0.25) is 0 Å². The van der Waals surface area contributed by atoms with Gasteiger partial charge in [-0.05, 0) is 12.1 Å². The van der Waals surface area contributed by atoms with Crippen molar-refractivity contribution >= 4 is 11.7 Å². The Morgan fingerprint density at radius 1 is 1.44 bits per heavy atom. The molecule has 0 spiro atoms. The van der Waals surface area contributed by atoms with E-state index >= 15 is 0 Å². The maximum Gasteiger partial charge on any atom is 0.320 e. The first kappa shape index (κ1) is 10.7. The van der Waals surface area contributed by atoms with Crippen molar-refractivity contribution in [3.8, 4) is 0 Å². The summed E-state index contributed by atoms with van der Waals surface area (Å²) in [6.07, 6.45) is 0. The smallest absolute Gasteiger partial charge is 0.320 e. The largest absolute Gasteiger partial charge is 0.399 e. The van der Waals surface area contributed by atoms with Crippen molar-refractivity contribution in [2.45, 2.75) is 6.54 Å². The number of nitrogens with zero attached hydrogens (tertiary/aromatic N) is 2. The van der Waals surface area contributed by atoms with E-state index in [0.717, 1.165) is 0 Å². The zero-order valence-electron chi connectivity index (χ0n) is 9.11. The molecule has 1 aliphatic heterocycles. The van der Waals surface area contributed by atoms with Crippen LogP contribution in [0.15, 0.2) is 18.2 Å². The number of amides is 2. The first-order valence-corrected chi connectivity index (χ1v) is 5.12. The van der Waals surface area contributed by atoms with Gasteiger partial charge in [0, 0.05) is 31.4 Å². The minimum atomic E-state index is -0.359. The average Bonchev–Trinajstić information content (AvgIpc) is 2.54. The lowest BCUT2D eigenvalue weighted by molar-refractivity contribution is 0.196. The van der Waals surface area contributed by atoms with Gasteiger partial charge in [0.05, 0.1) is 6.54 Å².